The van der Waals surface area contributed by atoms with E-state index in [1.807, 2.05) is 24.3 Å². The number of nitrogens with zero attached hydrogens (tertiary/aromatic N) is 2. The smallest absolute Gasteiger partial charge is 0.325 e. The lowest BCUT2D eigenvalue weighted by atomic mass is 9.92. The third-order valence-corrected chi connectivity index (χ3v) is 5.43. The maximum Gasteiger partial charge on any atom is 0.325 e. The molecule has 0 radical (unpaired) electrons. The Morgan fingerprint density at radius 3 is 2.50 bits per heavy atom. The molecule has 2 N–H and O–H groups in total. The van der Waals surface area contributed by atoms with Gasteiger partial charge in [0.15, 0.2) is 0 Å². The Bertz CT molecular complexity index is 1170. The number of carbonyl (C=O) groups excluding carboxylic acids is 3. The van der Waals surface area contributed by atoms with Crippen LogP contribution in [0.3, 0.4) is 0 Å². The lowest BCUT2D eigenvalue weighted by molar-refractivity contribution is -0.133. The molecule has 8 nitrogen and oxygen atoms in total. The standard InChI is InChI=1S/C23H21FN4O4/c1-3-14-4-6-15(7-5-14)18-12-20(32-27-18)25-19(29)13-28-21(30)23(2,26-22(28)31)16-8-10-17(24)11-9-16/h4-12H,3,13H2,1-2H3,(H,25,29)(H,26,31). The quantitative estimate of drug-likeness (QED) is 0.576. The van der Waals surface area contributed by atoms with Crippen LogP contribution in [0.5, 0.6) is 0 Å². The Morgan fingerprint density at radius 1 is 1.16 bits per heavy atom. The highest BCUT2D eigenvalue weighted by molar-refractivity contribution is 6.10. The Balaban J connectivity index is 1.43. The highest BCUT2D eigenvalue weighted by atomic mass is 19.1. The summed E-state index contributed by atoms with van der Waals surface area (Å²) in [5.74, 6) is -1.60. The van der Waals surface area contributed by atoms with Crippen molar-refractivity contribution in [2.45, 2.75) is 25.8 Å². The van der Waals surface area contributed by atoms with Gasteiger partial charge in [-0.15, -0.1) is 0 Å². The van der Waals surface area contributed by atoms with E-state index in [0.717, 1.165) is 16.9 Å². The molecule has 2 heterocycles. The van der Waals surface area contributed by atoms with E-state index in [2.05, 4.69) is 22.7 Å². The van der Waals surface area contributed by atoms with E-state index < -0.39 is 35.7 Å². The first-order valence-electron chi connectivity index (χ1n) is 10.1. The van der Waals surface area contributed by atoms with Crippen LogP contribution in [0.2, 0.25) is 0 Å². The predicted molar refractivity (Wildman–Crippen MR) is 114 cm³/mol. The number of urea groups is 1. The number of aromatic nitrogens is 1. The number of anilines is 1. The van der Waals surface area contributed by atoms with Gasteiger partial charge in [-0.1, -0.05) is 48.5 Å². The molecule has 0 saturated carbocycles. The highest BCUT2D eigenvalue weighted by Crippen LogP contribution is 2.29. The monoisotopic (exact) mass is 436 g/mol. The second-order valence-electron chi connectivity index (χ2n) is 7.63. The molecule has 9 heteroatoms. The van der Waals surface area contributed by atoms with Gasteiger partial charge in [0.25, 0.3) is 5.91 Å². The molecule has 1 atom stereocenters. The van der Waals surface area contributed by atoms with Crippen LogP contribution < -0.4 is 10.6 Å². The molecule has 1 saturated heterocycles. The fraction of sp³-hybridized carbons (Fsp3) is 0.217. The van der Waals surface area contributed by atoms with Crippen molar-refractivity contribution in [1.29, 1.82) is 0 Å². The summed E-state index contributed by atoms with van der Waals surface area (Å²) in [6.45, 7) is 3.06. The Morgan fingerprint density at radius 2 is 1.84 bits per heavy atom. The van der Waals surface area contributed by atoms with Gasteiger partial charge >= 0.3 is 6.03 Å². The Labute approximate surface area is 183 Å². The molecule has 32 heavy (non-hydrogen) atoms. The van der Waals surface area contributed by atoms with Crippen LogP contribution in [-0.2, 0) is 21.5 Å². The first-order valence-corrected chi connectivity index (χ1v) is 10.1. The number of aryl methyl sites for hydroxylation is 1. The number of nitrogens with one attached hydrogen (secondary N) is 2. The predicted octanol–water partition coefficient (Wildman–Crippen LogP) is 3.45. The fourth-order valence-electron chi connectivity index (χ4n) is 3.52. The number of halogens is 1. The molecule has 1 aliphatic rings. The van der Waals surface area contributed by atoms with Crippen molar-refractivity contribution in [3.8, 4) is 11.3 Å². The minimum Gasteiger partial charge on any atom is -0.338 e. The third-order valence-electron chi connectivity index (χ3n) is 5.43. The van der Waals surface area contributed by atoms with Gasteiger partial charge in [0.05, 0.1) is 0 Å². The van der Waals surface area contributed by atoms with E-state index in [9.17, 15) is 18.8 Å². The van der Waals surface area contributed by atoms with Crippen molar-refractivity contribution < 1.29 is 23.3 Å². The number of carbonyl (C=O) groups is 3. The number of rotatable bonds is 6. The van der Waals surface area contributed by atoms with Crippen molar-refractivity contribution in [1.82, 2.24) is 15.4 Å². The Kier molecular flexibility index (Phi) is 5.48. The number of hydrogen-bond donors (Lipinski definition) is 2. The SMILES string of the molecule is CCc1ccc(-c2cc(NC(=O)CN3C(=O)NC(C)(c4ccc(F)cc4)C3=O)on2)cc1. The number of hydrogen-bond acceptors (Lipinski definition) is 5. The largest absolute Gasteiger partial charge is 0.338 e. The van der Waals surface area contributed by atoms with Crippen molar-refractivity contribution in [2.75, 3.05) is 11.9 Å². The van der Waals surface area contributed by atoms with Gasteiger partial charge in [-0.25, -0.2) is 9.18 Å². The molecule has 164 valence electrons. The van der Waals surface area contributed by atoms with Crippen LogP contribution in [0.15, 0.2) is 59.1 Å². The van der Waals surface area contributed by atoms with Gasteiger partial charge in [-0.3, -0.25) is 19.8 Å². The highest BCUT2D eigenvalue weighted by Gasteiger charge is 2.49. The minimum absolute atomic E-state index is 0.0953. The second kappa shape index (κ2) is 8.26. The van der Waals surface area contributed by atoms with Crippen LogP contribution in [-0.4, -0.2) is 34.4 Å². The molecule has 0 aliphatic carbocycles. The molecule has 4 amide bonds. The van der Waals surface area contributed by atoms with Gasteiger partial charge in [-0.05, 0) is 36.6 Å². The average molecular weight is 436 g/mol. The van der Waals surface area contributed by atoms with Crippen molar-refractivity contribution in [2.24, 2.45) is 0 Å². The topological polar surface area (TPSA) is 105 Å². The van der Waals surface area contributed by atoms with Crippen LogP contribution in [0.1, 0.15) is 25.0 Å². The van der Waals surface area contributed by atoms with Gasteiger partial charge < -0.3 is 9.84 Å². The van der Waals surface area contributed by atoms with Crippen molar-refractivity contribution >= 4 is 23.7 Å². The molecule has 0 spiro atoms. The number of amides is 4. The van der Waals surface area contributed by atoms with Crippen LogP contribution in [0.4, 0.5) is 15.1 Å². The molecule has 1 aliphatic heterocycles. The first-order chi connectivity index (χ1) is 15.3. The summed E-state index contributed by atoms with van der Waals surface area (Å²) in [7, 11) is 0. The van der Waals surface area contributed by atoms with Crippen LogP contribution in [0, 0.1) is 5.82 Å². The summed E-state index contributed by atoms with van der Waals surface area (Å²) in [5.41, 5.74) is 1.58. The minimum atomic E-state index is -1.39. The van der Waals surface area contributed by atoms with E-state index >= 15 is 0 Å². The molecular formula is C23H21FN4O4. The van der Waals surface area contributed by atoms with Gasteiger partial charge in [-0.2, -0.15) is 0 Å². The summed E-state index contributed by atoms with van der Waals surface area (Å²) in [6, 6.07) is 13.9. The lowest BCUT2D eigenvalue weighted by Gasteiger charge is -2.22. The average Bonchev–Trinajstić information content (AvgIpc) is 3.33. The zero-order chi connectivity index (χ0) is 22.9. The Hall–Kier alpha value is -4.01. The maximum atomic E-state index is 13.2. The third kappa shape index (κ3) is 3.96. The van der Waals surface area contributed by atoms with Crippen molar-refractivity contribution in [3.05, 3.63) is 71.5 Å². The molecule has 2 aromatic carbocycles. The zero-order valence-electron chi connectivity index (χ0n) is 17.5. The van der Waals surface area contributed by atoms with Gasteiger partial charge in [0.1, 0.15) is 23.6 Å². The zero-order valence-corrected chi connectivity index (χ0v) is 17.5. The molecule has 1 unspecified atom stereocenters. The van der Waals surface area contributed by atoms with E-state index in [1.165, 1.54) is 36.8 Å². The van der Waals surface area contributed by atoms with Crippen LogP contribution in [0.25, 0.3) is 11.3 Å². The van der Waals surface area contributed by atoms with Gasteiger partial charge in [0, 0.05) is 11.6 Å². The van der Waals surface area contributed by atoms with E-state index in [1.54, 1.807) is 6.07 Å². The summed E-state index contributed by atoms with van der Waals surface area (Å²) in [4.78, 5) is 38.5. The van der Waals surface area contributed by atoms with Crippen LogP contribution >= 0.6 is 0 Å². The van der Waals surface area contributed by atoms with E-state index in [0.29, 0.717) is 11.3 Å². The normalized spacial score (nSPS) is 18.0. The maximum absolute atomic E-state index is 13.2. The summed E-state index contributed by atoms with van der Waals surface area (Å²) in [5, 5.41) is 9.02. The molecule has 1 aromatic heterocycles. The van der Waals surface area contributed by atoms with E-state index in [4.69, 9.17) is 4.52 Å². The lowest BCUT2D eigenvalue weighted by Crippen LogP contribution is -2.42. The summed E-state index contributed by atoms with van der Waals surface area (Å²) >= 11 is 0. The fourth-order valence-corrected chi connectivity index (χ4v) is 3.52. The molecule has 0 bridgehead atoms. The van der Waals surface area contributed by atoms with E-state index in [-0.39, 0.29) is 5.88 Å². The summed E-state index contributed by atoms with van der Waals surface area (Å²) in [6.07, 6.45) is 0.920. The number of benzene rings is 2. The molecule has 4 rings (SSSR count). The number of imide groups is 1. The molecule has 3 aromatic rings. The van der Waals surface area contributed by atoms with Gasteiger partial charge in [0.2, 0.25) is 11.8 Å². The molecular weight excluding hydrogens is 415 g/mol. The first kappa shape index (κ1) is 21.2. The second-order valence-corrected chi connectivity index (χ2v) is 7.63. The molecule has 1 fully saturated rings. The van der Waals surface area contributed by atoms with Crippen molar-refractivity contribution in [3.63, 3.8) is 0 Å². The summed E-state index contributed by atoms with van der Waals surface area (Å²) < 4.78 is 18.4.